The first-order chi connectivity index (χ1) is 8.20. The molecule has 2 rings (SSSR count). The van der Waals surface area contributed by atoms with Crippen LogP contribution in [0.25, 0.3) is 0 Å². The predicted molar refractivity (Wildman–Crippen MR) is 63.6 cm³/mol. The number of aromatic nitrogens is 2. The van der Waals surface area contributed by atoms with Crippen molar-refractivity contribution in [2.24, 2.45) is 5.92 Å². The lowest BCUT2D eigenvalue weighted by Crippen LogP contribution is -2.41. The lowest BCUT2D eigenvalue weighted by atomic mass is 9.89. The average molecular weight is 237 g/mol. The maximum absolute atomic E-state index is 12.0. The molecule has 0 spiro atoms. The van der Waals surface area contributed by atoms with Gasteiger partial charge in [0.05, 0.1) is 18.6 Å². The third-order valence-electron chi connectivity index (χ3n) is 3.16. The molecule has 0 unspecified atom stereocenters. The molecule has 2 N–H and O–H groups in total. The topological polar surface area (TPSA) is 67.0 Å². The molecule has 1 aromatic heterocycles. The molecule has 17 heavy (non-hydrogen) atoms. The Balaban J connectivity index is 1.90. The first-order valence-electron chi connectivity index (χ1n) is 6.01. The van der Waals surface area contributed by atoms with E-state index in [2.05, 4.69) is 15.3 Å². The van der Waals surface area contributed by atoms with Crippen LogP contribution in [0.4, 0.5) is 0 Å². The molecule has 1 aliphatic carbocycles. The monoisotopic (exact) mass is 237 g/mol. The number of imidazole rings is 1. The van der Waals surface area contributed by atoms with Crippen molar-refractivity contribution in [2.45, 2.75) is 32.2 Å². The number of nitrogens with zero attached hydrogens (tertiary/aromatic N) is 1. The zero-order valence-electron chi connectivity index (χ0n) is 10.3. The maximum atomic E-state index is 12.0. The quantitative estimate of drug-likeness (QED) is 0.808. The Bertz CT molecular complexity index is 389. The average Bonchev–Trinajstić information content (AvgIpc) is 2.75. The molecule has 0 radical (unpaired) electrons. The minimum Gasteiger partial charge on any atom is -0.383 e. The largest absolute Gasteiger partial charge is 0.383 e. The molecule has 1 aliphatic rings. The van der Waals surface area contributed by atoms with Gasteiger partial charge in [-0.1, -0.05) is 0 Å². The first-order valence-corrected chi connectivity index (χ1v) is 6.01. The number of aromatic amines is 1. The van der Waals surface area contributed by atoms with E-state index in [-0.39, 0.29) is 17.9 Å². The Labute approximate surface area is 101 Å². The zero-order chi connectivity index (χ0) is 12.3. The number of aryl methyl sites for hydroxylation is 1. The number of rotatable bonds is 4. The molecule has 0 aromatic carbocycles. The molecule has 2 atom stereocenters. The molecule has 0 aliphatic heterocycles. The molecule has 0 saturated heterocycles. The molecule has 1 aromatic rings. The van der Waals surface area contributed by atoms with Gasteiger partial charge < -0.3 is 15.0 Å². The Morgan fingerprint density at radius 2 is 2.59 bits per heavy atom. The molecule has 1 heterocycles. The van der Waals surface area contributed by atoms with Crippen LogP contribution in [0.2, 0.25) is 0 Å². The summed E-state index contributed by atoms with van der Waals surface area (Å²) in [6.45, 7) is 2.50. The second-order valence-corrected chi connectivity index (χ2v) is 4.63. The number of carbonyl (C=O) groups excluding carboxylic acids is 1. The highest BCUT2D eigenvalue weighted by Gasteiger charge is 2.26. The van der Waals surface area contributed by atoms with Gasteiger partial charge in [0.15, 0.2) is 0 Å². The number of nitrogens with one attached hydrogen (secondary N) is 2. The van der Waals surface area contributed by atoms with Gasteiger partial charge in [-0.2, -0.15) is 0 Å². The van der Waals surface area contributed by atoms with E-state index in [1.54, 1.807) is 13.4 Å². The molecule has 0 bridgehead atoms. The van der Waals surface area contributed by atoms with E-state index in [0.29, 0.717) is 6.61 Å². The van der Waals surface area contributed by atoms with Crippen LogP contribution in [-0.2, 0) is 22.4 Å². The molecule has 94 valence electrons. The van der Waals surface area contributed by atoms with Crippen LogP contribution < -0.4 is 5.32 Å². The van der Waals surface area contributed by atoms with E-state index in [0.717, 1.165) is 30.7 Å². The maximum Gasteiger partial charge on any atom is 0.223 e. The number of H-pyrrole nitrogens is 1. The van der Waals surface area contributed by atoms with Crippen LogP contribution in [0.15, 0.2) is 6.33 Å². The van der Waals surface area contributed by atoms with Gasteiger partial charge in [0.2, 0.25) is 5.91 Å². The Morgan fingerprint density at radius 3 is 3.35 bits per heavy atom. The van der Waals surface area contributed by atoms with Gasteiger partial charge >= 0.3 is 0 Å². The van der Waals surface area contributed by atoms with Crippen molar-refractivity contribution in [3.63, 3.8) is 0 Å². The van der Waals surface area contributed by atoms with E-state index in [9.17, 15) is 4.79 Å². The summed E-state index contributed by atoms with van der Waals surface area (Å²) in [6, 6.07) is 0.0654. The molecule has 5 heteroatoms. The first kappa shape index (κ1) is 12.1. The molecular formula is C12H19N3O2. The minimum absolute atomic E-state index is 0.0576. The molecule has 5 nitrogen and oxygen atoms in total. The lowest BCUT2D eigenvalue weighted by molar-refractivity contribution is -0.126. The summed E-state index contributed by atoms with van der Waals surface area (Å²) in [7, 11) is 1.64. The van der Waals surface area contributed by atoms with Gasteiger partial charge in [0, 0.05) is 31.2 Å². The fraction of sp³-hybridized carbons (Fsp3) is 0.667. The summed E-state index contributed by atoms with van der Waals surface area (Å²) in [5, 5.41) is 2.98. The highest BCUT2D eigenvalue weighted by molar-refractivity contribution is 5.79. The number of fused-ring (bicyclic) bond motifs is 1. The van der Waals surface area contributed by atoms with Gasteiger partial charge in [0.1, 0.15) is 0 Å². The Kier molecular flexibility index (Phi) is 3.78. The van der Waals surface area contributed by atoms with Crippen LogP contribution in [0.5, 0.6) is 0 Å². The summed E-state index contributed by atoms with van der Waals surface area (Å²) >= 11 is 0. The third-order valence-corrected chi connectivity index (χ3v) is 3.16. The predicted octanol–water partition coefficient (Wildman–Crippen LogP) is 0.666. The SMILES string of the molecule is COC[C@@H](C)NC(=O)[C@H]1CCc2nc[nH]c2C1. The smallest absolute Gasteiger partial charge is 0.223 e. The van der Waals surface area contributed by atoms with Crippen LogP contribution in [0.3, 0.4) is 0 Å². The van der Waals surface area contributed by atoms with Crippen molar-refractivity contribution in [3.05, 3.63) is 17.7 Å². The summed E-state index contributed by atoms with van der Waals surface area (Å²) in [4.78, 5) is 19.4. The summed E-state index contributed by atoms with van der Waals surface area (Å²) < 4.78 is 5.00. The van der Waals surface area contributed by atoms with Gasteiger partial charge in [0.25, 0.3) is 0 Å². The van der Waals surface area contributed by atoms with Crippen LogP contribution in [-0.4, -0.2) is 35.6 Å². The summed E-state index contributed by atoms with van der Waals surface area (Å²) in [6.07, 6.45) is 4.23. The molecule has 0 saturated carbocycles. The minimum atomic E-state index is 0.0576. The van der Waals surface area contributed by atoms with Crippen molar-refractivity contribution in [3.8, 4) is 0 Å². The number of amides is 1. The van der Waals surface area contributed by atoms with Crippen LogP contribution in [0, 0.1) is 5.92 Å². The van der Waals surface area contributed by atoms with Crippen molar-refractivity contribution in [2.75, 3.05) is 13.7 Å². The normalized spacial score (nSPS) is 20.7. The molecular weight excluding hydrogens is 218 g/mol. The fourth-order valence-corrected chi connectivity index (χ4v) is 2.28. The number of hydrogen-bond acceptors (Lipinski definition) is 3. The van der Waals surface area contributed by atoms with Crippen molar-refractivity contribution >= 4 is 5.91 Å². The van der Waals surface area contributed by atoms with Gasteiger partial charge in [-0.05, 0) is 19.8 Å². The van der Waals surface area contributed by atoms with E-state index in [1.807, 2.05) is 6.92 Å². The highest BCUT2D eigenvalue weighted by Crippen LogP contribution is 2.22. The Hall–Kier alpha value is -1.36. The number of ether oxygens (including phenoxy) is 1. The van der Waals surface area contributed by atoms with Crippen LogP contribution in [0.1, 0.15) is 24.7 Å². The van der Waals surface area contributed by atoms with E-state index >= 15 is 0 Å². The fourth-order valence-electron chi connectivity index (χ4n) is 2.28. The number of carbonyl (C=O) groups is 1. The molecule has 0 fully saturated rings. The van der Waals surface area contributed by atoms with Crippen molar-refractivity contribution in [1.82, 2.24) is 15.3 Å². The van der Waals surface area contributed by atoms with Crippen LogP contribution >= 0.6 is 0 Å². The Morgan fingerprint density at radius 1 is 1.76 bits per heavy atom. The number of hydrogen-bond donors (Lipinski definition) is 2. The molecule has 1 amide bonds. The van der Waals surface area contributed by atoms with E-state index in [1.165, 1.54) is 0 Å². The lowest BCUT2D eigenvalue weighted by Gasteiger charge is -2.22. The number of methoxy groups -OCH3 is 1. The van der Waals surface area contributed by atoms with E-state index < -0.39 is 0 Å². The second-order valence-electron chi connectivity index (χ2n) is 4.63. The van der Waals surface area contributed by atoms with E-state index in [4.69, 9.17) is 4.74 Å². The van der Waals surface area contributed by atoms with Gasteiger partial charge in [-0.25, -0.2) is 4.98 Å². The third kappa shape index (κ3) is 2.85. The summed E-state index contributed by atoms with van der Waals surface area (Å²) in [5.41, 5.74) is 2.22. The van der Waals surface area contributed by atoms with Gasteiger partial charge in [-0.3, -0.25) is 4.79 Å². The van der Waals surface area contributed by atoms with Crippen molar-refractivity contribution in [1.29, 1.82) is 0 Å². The zero-order valence-corrected chi connectivity index (χ0v) is 10.3. The standard InChI is InChI=1S/C12H19N3O2/c1-8(6-17-2)15-12(16)9-3-4-10-11(5-9)14-7-13-10/h7-9H,3-6H2,1-2H3,(H,13,14)(H,15,16)/t8-,9+/m1/s1. The van der Waals surface area contributed by atoms with Gasteiger partial charge in [-0.15, -0.1) is 0 Å². The highest BCUT2D eigenvalue weighted by atomic mass is 16.5. The second kappa shape index (κ2) is 5.31. The van der Waals surface area contributed by atoms with Crippen molar-refractivity contribution < 1.29 is 9.53 Å². The summed E-state index contributed by atoms with van der Waals surface area (Å²) in [5.74, 6) is 0.178.